The van der Waals surface area contributed by atoms with Gasteiger partial charge < -0.3 is 19.1 Å². The molecule has 1 unspecified atom stereocenters. The van der Waals surface area contributed by atoms with Crippen molar-refractivity contribution in [1.29, 1.82) is 0 Å². The molecule has 1 atom stereocenters. The van der Waals surface area contributed by atoms with E-state index in [2.05, 4.69) is 25.0 Å². The van der Waals surface area contributed by atoms with Crippen LogP contribution in [0.4, 0.5) is 19.0 Å². The number of halogens is 4. The van der Waals surface area contributed by atoms with Crippen LogP contribution >= 0.6 is 11.6 Å². The Kier molecular flexibility index (Phi) is 8.75. The minimum Gasteiger partial charge on any atom is -0.461 e. The highest BCUT2D eigenvalue weighted by Gasteiger charge is 2.45. The number of ether oxygens (including phenoxy) is 1. The molecule has 0 bridgehead atoms. The number of pyridine rings is 1. The van der Waals surface area contributed by atoms with Gasteiger partial charge in [-0.25, -0.2) is 13.2 Å². The lowest BCUT2D eigenvalue weighted by atomic mass is 9.95. The first-order valence-corrected chi connectivity index (χ1v) is 17.3. The van der Waals surface area contributed by atoms with Crippen LogP contribution in [0.25, 0.3) is 39.0 Å². The summed E-state index contributed by atoms with van der Waals surface area (Å²) in [6.45, 7) is 3.22. The van der Waals surface area contributed by atoms with Crippen LogP contribution in [0.1, 0.15) is 50.2 Å². The molecule has 3 aliphatic heterocycles. The monoisotopic (exact) mass is 718 g/mol. The van der Waals surface area contributed by atoms with E-state index in [1.807, 2.05) is 36.2 Å². The molecule has 51 heavy (non-hydrogen) atoms. The molecular weight excluding hydrogens is 685 g/mol. The fraction of sp³-hybridized carbons (Fsp3) is 0.389. The summed E-state index contributed by atoms with van der Waals surface area (Å²) in [5.74, 6) is -1.47. The van der Waals surface area contributed by atoms with Crippen molar-refractivity contribution in [2.75, 3.05) is 44.7 Å². The smallest absolute Gasteiger partial charge is 0.319 e. The predicted octanol–water partition coefficient (Wildman–Crippen LogP) is 6.72. The van der Waals surface area contributed by atoms with E-state index in [9.17, 15) is 13.6 Å². The molecule has 1 amide bonds. The summed E-state index contributed by atoms with van der Waals surface area (Å²) in [5, 5.41) is 5.64. The van der Waals surface area contributed by atoms with Crippen LogP contribution in [0.5, 0.6) is 6.01 Å². The first-order valence-electron chi connectivity index (χ1n) is 16.9. The number of alkyl halides is 2. The molecule has 8 rings (SSSR count). The maximum Gasteiger partial charge on any atom is 0.319 e. The topological polar surface area (TPSA) is 114 Å². The lowest BCUT2D eigenvalue weighted by Crippen LogP contribution is -2.43. The molecule has 0 spiro atoms. The predicted molar refractivity (Wildman–Crippen MR) is 185 cm³/mol. The minimum atomic E-state index is -2.88. The number of anilines is 1. The van der Waals surface area contributed by atoms with Gasteiger partial charge in [-0.2, -0.15) is 15.0 Å². The molecular formula is C36H34ClF3N8O3. The Bertz CT molecular complexity index is 2150. The number of nitrogens with zero attached hydrogens (tertiary/aromatic N) is 8. The SMILES string of the molecule is CN(c1nc(OCC23CCCN2CCC3)nc2c(F)c(-c3cccc4cccc(Cl)c34)ncc12)C1CCN(C(=O)/C=C/c2nc(C(F)F)no2)C1. The summed E-state index contributed by atoms with van der Waals surface area (Å²) in [4.78, 5) is 36.7. The fourth-order valence-electron chi connectivity index (χ4n) is 7.78. The zero-order chi connectivity index (χ0) is 35.3. The Morgan fingerprint density at radius 1 is 1.14 bits per heavy atom. The second-order valence-electron chi connectivity index (χ2n) is 13.3. The molecule has 3 saturated heterocycles. The average molecular weight is 719 g/mol. The molecule has 3 fully saturated rings. The second-order valence-corrected chi connectivity index (χ2v) is 13.7. The molecule has 0 N–H and O–H groups in total. The van der Waals surface area contributed by atoms with E-state index in [0.717, 1.165) is 44.2 Å². The van der Waals surface area contributed by atoms with E-state index in [1.54, 1.807) is 23.2 Å². The van der Waals surface area contributed by atoms with E-state index >= 15 is 4.39 Å². The first-order chi connectivity index (χ1) is 24.7. The molecule has 264 valence electrons. The van der Waals surface area contributed by atoms with Gasteiger partial charge in [0.05, 0.1) is 10.9 Å². The third kappa shape index (κ3) is 6.13. The van der Waals surface area contributed by atoms with Crippen molar-refractivity contribution in [1.82, 2.24) is 34.9 Å². The molecule has 0 saturated carbocycles. The van der Waals surface area contributed by atoms with Gasteiger partial charge in [-0.3, -0.25) is 14.7 Å². The summed E-state index contributed by atoms with van der Waals surface area (Å²) in [6, 6.07) is 11.0. The number of rotatable bonds is 9. The Morgan fingerprint density at radius 3 is 2.69 bits per heavy atom. The van der Waals surface area contributed by atoms with Gasteiger partial charge in [0.1, 0.15) is 23.6 Å². The Labute approximate surface area is 296 Å². The normalized spacial score (nSPS) is 18.9. The van der Waals surface area contributed by atoms with E-state index in [-0.39, 0.29) is 40.6 Å². The van der Waals surface area contributed by atoms with Gasteiger partial charge in [-0.15, -0.1) is 0 Å². The average Bonchev–Trinajstić information content (AvgIpc) is 3.95. The number of aromatic nitrogens is 5. The summed E-state index contributed by atoms with van der Waals surface area (Å²) < 4.78 is 53.6. The zero-order valence-corrected chi connectivity index (χ0v) is 28.5. The molecule has 0 aliphatic carbocycles. The third-order valence-corrected chi connectivity index (χ3v) is 10.7. The number of hydrogen-bond donors (Lipinski definition) is 0. The standard InChI is InChI=1S/C36H34ClF3N8O3/c1-46(22-12-17-47(19-22)27(49)11-10-26-42-33(32(39)40)45-51-26)34-24-18-41-30(23-8-2-6-21-7-3-9-25(37)28(21)23)29(38)31(24)43-35(44-34)50-20-36-13-4-15-48(36)16-5-14-36/h2-3,6-11,18,22,32H,4-5,12-17,19-20H2,1H3/b11-10+. The van der Waals surface area contributed by atoms with Gasteiger partial charge in [0, 0.05) is 60.5 Å². The van der Waals surface area contributed by atoms with Gasteiger partial charge in [-0.05, 0) is 56.6 Å². The van der Waals surface area contributed by atoms with E-state index in [1.165, 1.54) is 12.2 Å². The van der Waals surface area contributed by atoms with Crippen LogP contribution in [-0.2, 0) is 4.79 Å². The van der Waals surface area contributed by atoms with E-state index < -0.39 is 18.1 Å². The number of hydrogen-bond acceptors (Lipinski definition) is 10. The molecule has 5 aromatic rings. The second kappa shape index (κ2) is 13.4. The summed E-state index contributed by atoms with van der Waals surface area (Å²) in [5.41, 5.74) is 0.652. The third-order valence-electron chi connectivity index (χ3n) is 10.4. The van der Waals surface area contributed by atoms with Crippen LogP contribution in [0.15, 0.2) is 53.2 Å². The fourth-order valence-corrected chi connectivity index (χ4v) is 8.06. The minimum absolute atomic E-state index is 0.0692. The number of carbonyl (C=O) groups excluding carboxylic acids is 1. The molecule has 2 aromatic carbocycles. The molecule has 0 radical (unpaired) electrons. The number of likely N-dealkylation sites (tertiary alicyclic amines) is 1. The molecule has 3 aromatic heterocycles. The zero-order valence-electron chi connectivity index (χ0n) is 27.7. The van der Waals surface area contributed by atoms with Crippen LogP contribution < -0.4 is 9.64 Å². The Morgan fingerprint density at radius 2 is 1.92 bits per heavy atom. The van der Waals surface area contributed by atoms with Crippen LogP contribution in [0.3, 0.4) is 0 Å². The summed E-state index contributed by atoms with van der Waals surface area (Å²) in [6.07, 6.45) is 5.97. The van der Waals surface area contributed by atoms with E-state index in [4.69, 9.17) is 25.8 Å². The highest BCUT2D eigenvalue weighted by molar-refractivity contribution is 6.36. The van der Waals surface area contributed by atoms with Gasteiger partial charge in [0.2, 0.25) is 11.7 Å². The maximum absolute atomic E-state index is 16.8. The highest BCUT2D eigenvalue weighted by atomic mass is 35.5. The van der Waals surface area contributed by atoms with Gasteiger partial charge in [0.25, 0.3) is 5.89 Å². The van der Waals surface area contributed by atoms with Crippen molar-refractivity contribution in [3.05, 3.63) is 71.2 Å². The van der Waals surface area contributed by atoms with Crippen molar-refractivity contribution >= 4 is 51.1 Å². The van der Waals surface area contributed by atoms with Gasteiger partial charge >= 0.3 is 12.4 Å². The molecule has 11 nitrogen and oxygen atoms in total. The van der Waals surface area contributed by atoms with Crippen LogP contribution in [0, 0.1) is 5.82 Å². The first kappa shape index (κ1) is 33.3. The lowest BCUT2D eigenvalue weighted by Gasteiger charge is -2.31. The molecule has 6 heterocycles. The van der Waals surface area contributed by atoms with Crippen LogP contribution in [0.2, 0.25) is 5.02 Å². The van der Waals surface area contributed by atoms with Crippen LogP contribution in [-0.4, -0.2) is 92.2 Å². The Balaban J connectivity index is 1.12. The molecule has 15 heteroatoms. The van der Waals surface area contributed by atoms with Gasteiger partial charge in [0.15, 0.2) is 5.82 Å². The van der Waals surface area contributed by atoms with Crippen molar-refractivity contribution in [3.8, 4) is 17.3 Å². The number of likely N-dealkylation sites (N-methyl/N-ethyl adjacent to an activating group) is 1. The van der Waals surface area contributed by atoms with Crippen molar-refractivity contribution in [2.24, 2.45) is 0 Å². The largest absolute Gasteiger partial charge is 0.461 e. The summed E-state index contributed by atoms with van der Waals surface area (Å²) >= 11 is 6.62. The number of amides is 1. The van der Waals surface area contributed by atoms with Crippen molar-refractivity contribution in [2.45, 2.75) is 50.1 Å². The highest BCUT2D eigenvalue weighted by Crippen LogP contribution is 2.40. The number of fused-ring (bicyclic) bond motifs is 3. The van der Waals surface area contributed by atoms with Gasteiger partial charge in [-0.1, -0.05) is 47.1 Å². The Hall–Kier alpha value is -4.82. The van der Waals surface area contributed by atoms with Crippen molar-refractivity contribution in [3.63, 3.8) is 0 Å². The molecule has 3 aliphatic rings. The summed E-state index contributed by atoms with van der Waals surface area (Å²) in [7, 11) is 1.84. The number of carbonyl (C=O) groups is 1. The number of benzene rings is 2. The lowest BCUT2D eigenvalue weighted by molar-refractivity contribution is -0.124. The quantitative estimate of drug-likeness (QED) is 0.152. The van der Waals surface area contributed by atoms with E-state index in [0.29, 0.717) is 53.3 Å². The van der Waals surface area contributed by atoms with Crippen molar-refractivity contribution < 1.29 is 27.2 Å². The maximum atomic E-state index is 16.8.